The molecule has 0 aliphatic heterocycles. The predicted molar refractivity (Wildman–Crippen MR) is 70.8 cm³/mol. The third-order valence-corrected chi connectivity index (χ3v) is 5.04. The van der Waals surface area contributed by atoms with E-state index in [0.717, 1.165) is 6.42 Å². The molecule has 0 saturated heterocycles. The molecule has 18 heavy (non-hydrogen) atoms. The lowest BCUT2D eigenvalue weighted by Gasteiger charge is -2.21. The second-order valence-electron chi connectivity index (χ2n) is 4.32. The van der Waals surface area contributed by atoms with Crippen LogP contribution in [0.5, 0.6) is 0 Å². The number of hydrogen-bond acceptors (Lipinski definition) is 4. The van der Waals surface area contributed by atoms with E-state index in [9.17, 15) is 8.42 Å². The summed E-state index contributed by atoms with van der Waals surface area (Å²) in [5.41, 5.74) is 6.68. The van der Waals surface area contributed by atoms with Crippen LogP contribution >= 0.6 is 0 Å². The smallest absolute Gasteiger partial charge is 0.246 e. The lowest BCUT2D eigenvalue weighted by Crippen LogP contribution is -2.36. The third-order valence-electron chi connectivity index (χ3n) is 2.89. The molecule has 0 fully saturated rings. The Balaban J connectivity index is 3.26. The second kappa shape index (κ2) is 5.81. The predicted octanol–water partition coefficient (Wildman–Crippen LogP) is 0.396. The molecule has 0 saturated carbocycles. The second-order valence-corrected chi connectivity index (χ2v) is 6.19. The first-order chi connectivity index (χ1) is 8.36. The Kier molecular flexibility index (Phi) is 4.89. The van der Waals surface area contributed by atoms with Gasteiger partial charge in [0.2, 0.25) is 10.0 Å². The van der Waals surface area contributed by atoms with Crippen molar-refractivity contribution in [1.82, 2.24) is 14.1 Å². The normalized spacial score (nSPS) is 12.3. The Morgan fingerprint density at radius 3 is 2.33 bits per heavy atom. The molecule has 1 rings (SSSR count). The van der Waals surface area contributed by atoms with Gasteiger partial charge in [-0.1, -0.05) is 6.92 Å². The average Bonchev–Trinajstić information content (AvgIpc) is 2.53. The molecule has 0 spiro atoms. The van der Waals surface area contributed by atoms with Gasteiger partial charge in [0.1, 0.15) is 4.90 Å². The molecule has 7 heteroatoms. The molecule has 2 N–H and O–H groups in total. The summed E-state index contributed by atoms with van der Waals surface area (Å²) in [6.07, 6.45) is 0.761. The summed E-state index contributed by atoms with van der Waals surface area (Å²) >= 11 is 0. The van der Waals surface area contributed by atoms with Crippen LogP contribution in [-0.2, 0) is 17.1 Å². The van der Waals surface area contributed by atoms with Crippen molar-refractivity contribution in [3.05, 3.63) is 11.4 Å². The van der Waals surface area contributed by atoms with Gasteiger partial charge in [0, 0.05) is 26.7 Å². The molecule has 0 bridgehead atoms. The van der Waals surface area contributed by atoms with E-state index in [1.165, 1.54) is 4.31 Å². The Morgan fingerprint density at radius 2 is 1.94 bits per heavy atom. The Morgan fingerprint density at radius 1 is 1.33 bits per heavy atom. The maximum Gasteiger partial charge on any atom is 0.246 e. The van der Waals surface area contributed by atoms with E-state index in [2.05, 4.69) is 5.10 Å². The summed E-state index contributed by atoms with van der Waals surface area (Å²) in [5, 5.41) is 4.16. The van der Waals surface area contributed by atoms with E-state index in [1.807, 2.05) is 6.92 Å². The van der Waals surface area contributed by atoms with Gasteiger partial charge in [0.05, 0.1) is 11.4 Å². The number of aryl methyl sites for hydroxylation is 2. The van der Waals surface area contributed by atoms with E-state index in [4.69, 9.17) is 5.73 Å². The summed E-state index contributed by atoms with van der Waals surface area (Å²) < 4.78 is 28.2. The van der Waals surface area contributed by atoms with Gasteiger partial charge in [-0.2, -0.15) is 9.40 Å². The summed E-state index contributed by atoms with van der Waals surface area (Å²) in [7, 11) is -1.75. The van der Waals surface area contributed by atoms with Gasteiger partial charge >= 0.3 is 0 Å². The zero-order chi connectivity index (χ0) is 13.9. The SMILES string of the molecule is CCCN(CCN)S(=O)(=O)c1c(C)nn(C)c1C. The maximum absolute atomic E-state index is 12.6. The Hall–Kier alpha value is -0.920. The van der Waals surface area contributed by atoms with Gasteiger partial charge in [-0.05, 0) is 20.3 Å². The Bertz CT molecular complexity index is 501. The molecule has 104 valence electrons. The monoisotopic (exact) mass is 274 g/mol. The maximum atomic E-state index is 12.6. The lowest BCUT2D eigenvalue weighted by atomic mass is 10.4. The first-order valence-electron chi connectivity index (χ1n) is 6.06. The highest BCUT2D eigenvalue weighted by molar-refractivity contribution is 7.89. The van der Waals surface area contributed by atoms with Gasteiger partial charge in [-0.3, -0.25) is 4.68 Å². The number of rotatable bonds is 6. The van der Waals surface area contributed by atoms with E-state index < -0.39 is 10.0 Å². The van der Waals surface area contributed by atoms with Crippen LogP contribution in [0.2, 0.25) is 0 Å². The molecule has 0 unspecified atom stereocenters. The molecular formula is C11H22N4O2S. The van der Waals surface area contributed by atoms with Crippen molar-refractivity contribution in [3.8, 4) is 0 Å². The fourth-order valence-electron chi connectivity index (χ4n) is 2.00. The van der Waals surface area contributed by atoms with Crippen LogP contribution in [-0.4, -0.2) is 42.1 Å². The van der Waals surface area contributed by atoms with Gasteiger partial charge in [-0.15, -0.1) is 0 Å². The van der Waals surface area contributed by atoms with E-state index in [0.29, 0.717) is 35.9 Å². The van der Waals surface area contributed by atoms with E-state index in [1.54, 1.807) is 25.6 Å². The van der Waals surface area contributed by atoms with Crippen molar-refractivity contribution in [2.24, 2.45) is 12.8 Å². The van der Waals surface area contributed by atoms with E-state index >= 15 is 0 Å². The van der Waals surface area contributed by atoms with E-state index in [-0.39, 0.29) is 0 Å². The standard InChI is InChI=1S/C11H22N4O2S/c1-5-7-15(8-6-12)18(16,17)11-9(2)13-14(4)10(11)3/h5-8,12H2,1-4H3. The van der Waals surface area contributed by atoms with Gasteiger partial charge in [-0.25, -0.2) is 8.42 Å². The van der Waals surface area contributed by atoms with Gasteiger partial charge < -0.3 is 5.73 Å². The molecule has 0 aliphatic rings. The third kappa shape index (κ3) is 2.73. The first-order valence-corrected chi connectivity index (χ1v) is 7.50. The summed E-state index contributed by atoms with van der Waals surface area (Å²) in [6, 6.07) is 0. The van der Waals surface area contributed by atoms with Crippen LogP contribution in [0.15, 0.2) is 4.90 Å². The van der Waals surface area contributed by atoms with Crippen molar-refractivity contribution in [1.29, 1.82) is 0 Å². The first kappa shape index (κ1) is 15.1. The van der Waals surface area contributed by atoms with Crippen LogP contribution in [0.25, 0.3) is 0 Å². The number of aromatic nitrogens is 2. The van der Waals surface area contributed by atoms with Gasteiger partial charge in [0.15, 0.2) is 0 Å². The fraction of sp³-hybridized carbons (Fsp3) is 0.727. The number of hydrogen-bond donors (Lipinski definition) is 1. The highest BCUT2D eigenvalue weighted by atomic mass is 32.2. The minimum atomic E-state index is -3.50. The van der Waals surface area contributed by atoms with Crippen LogP contribution in [0.1, 0.15) is 24.7 Å². The van der Waals surface area contributed by atoms with Crippen molar-refractivity contribution < 1.29 is 8.42 Å². The molecule has 6 nitrogen and oxygen atoms in total. The highest BCUT2D eigenvalue weighted by Gasteiger charge is 2.29. The van der Waals surface area contributed by atoms with Crippen molar-refractivity contribution >= 4 is 10.0 Å². The van der Waals surface area contributed by atoms with Gasteiger partial charge in [0.25, 0.3) is 0 Å². The minimum Gasteiger partial charge on any atom is -0.329 e. The molecule has 0 aromatic carbocycles. The summed E-state index contributed by atoms with van der Waals surface area (Å²) in [4.78, 5) is 0.312. The number of sulfonamides is 1. The van der Waals surface area contributed by atoms with Crippen LogP contribution in [0, 0.1) is 13.8 Å². The van der Waals surface area contributed by atoms with Crippen molar-refractivity contribution in [2.45, 2.75) is 32.1 Å². The molecule has 0 amide bonds. The van der Waals surface area contributed by atoms with Crippen LogP contribution < -0.4 is 5.73 Å². The quantitative estimate of drug-likeness (QED) is 0.814. The largest absolute Gasteiger partial charge is 0.329 e. The van der Waals surface area contributed by atoms with Crippen molar-refractivity contribution in [3.63, 3.8) is 0 Å². The zero-order valence-electron chi connectivity index (χ0n) is 11.5. The number of nitrogens with two attached hydrogens (primary N) is 1. The average molecular weight is 274 g/mol. The summed E-state index contributed by atoms with van der Waals surface area (Å²) in [5.74, 6) is 0. The summed E-state index contributed by atoms with van der Waals surface area (Å²) in [6.45, 7) is 6.56. The van der Waals surface area contributed by atoms with Crippen molar-refractivity contribution in [2.75, 3.05) is 19.6 Å². The molecule has 1 aromatic rings. The topological polar surface area (TPSA) is 81.2 Å². The molecule has 0 aliphatic carbocycles. The molecule has 0 radical (unpaired) electrons. The molecular weight excluding hydrogens is 252 g/mol. The zero-order valence-corrected chi connectivity index (χ0v) is 12.3. The molecule has 0 atom stereocenters. The fourth-order valence-corrected chi connectivity index (χ4v) is 3.95. The Labute approximate surface area is 109 Å². The van der Waals surface area contributed by atoms with Crippen LogP contribution in [0.4, 0.5) is 0 Å². The minimum absolute atomic E-state index is 0.312. The number of nitrogens with zero attached hydrogens (tertiary/aromatic N) is 3. The highest BCUT2D eigenvalue weighted by Crippen LogP contribution is 2.22. The molecule has 1 aromatic heterocycles. The molecule has 1 heterocycles. The van der Waals surface area contributed by atoms with Crippen LogP contribution in [0.3, 0.4) is 0 Å². The lowest BCUT2D eigenvalue weighted by molar-refractivity contribution is 0.417.